The molecule has 156 valence electrons. The maximum Gasteiger partial charge on any atom is 0.119 e. The molecule has 0 saturated heterocycles. The zero-order valence-corrected chi connectivity index (χ0v) is 18.6. The number of phenolic OH excluding ortho intramolecular Hbond substituents is 1. The predicted molar refractivity (Wildman–Crippen MR) is 121 cm³/mol. The van der Waals surface area contributed by atoms with Crippen LogP contribution >= 0.6 is 0 Å². The van der Waals surface area contributed by atoms with Crippen LogP contribution in [-0.4, -0.2) is 5.11 Å². The van der Waals surface area contributed by atoms with Crippen LogP contribution in [0.15, 0.2) is 12.1 Å². The molecule has 0 radical (unpaired) electrons. The van der Waals surface area contributed by atoms with Gasteiger partial charge < -0.3 is 5.11 Å². The molecule has 0 aromatic heterocycles. The maximum atomic E-state index is 10.6. The number of hydrogen-bond acceptors (Lipinski definition) is 1. The summed E-state index contributed by atoms with van der Waals surface area (Å²) in [5.74, 6) is 0.548. The molecule has 0 unspecified atom stereocenters. The summed E-state index contributed by atoms with van der Waals surface area (Å²) in [4.78, 5) is 0. The predicted octanol–water partition coefficient (Wildman–Crippen LogP) is 8.54. The standard InChI is InChI=1S/C26H46O/c1-4-7-10-12-14-17-20-25-24(19-16-13-11-8-5-2)23(18-15-9-6-3)21-22-26(25)27/h21-22,27H,4-20H2,1-3H3. The van der Waals surface area contributed by atoms with E-state index in [1.54, 1.807) is 0 Å². The highest BCUT2D eigenvalue weighted by atomic mass is 16.3. The second kappa shape index (κ2) is 16.0. The Kier molecular flexibility index (Phi) is 14.3. The number of aryl methyl sites for hydroxylation is 1. The van der Waals surface area contributed by atoms with Crippen LogP contribution in [0.5, 0.6) is 5.75 Å². The van der Waals surface area contributed by atoms with Gasteiger partial charge in [-0.15, -0.1) is 0 Å². The van der Waals surface area contributed by atoms with Gasteiger partial charge in [0, 0.05) is 0 Å². The molecule has 1 N–H and O–H groups in total. The molecule has 27 heavy (non-hydrogen) atoms. The quantitative estimate of drug-likeness (QED) is 0.271. The molecule has 1 aromatic rings. The molecule has 0 aliphatic carbocycles. The average molecular weight is 375 g/mol. The fourth-order valence-electron chi connectivity index (χ4n) is 4.11. The van der Waals surface area contributed by atoms with Crippen molar-refractivity contribution in [1.82, 2.24) is 0 Å². The lowest BCUT2D eigenvalue weighted by molar-refractivity contribution is 0.463. The third-order valence-electron chi connectivity index (χ3n) is 5.86. The molecule has 0 atom stereocenters. The van der Waals surface area contributed by atoms with Crippen molar-refractivity contribution in [3.63, 3.8) is 0 Å². The number of aromatic hydroxyl groups is 1. The van der Waals surface area contributed by atoms with E-state index in [4.69, 9.17) is 0 Å². The summed E-state index contributed by atoms with van der Waals surface area (Å²) in [7, 11) is 0. The topological polar surface area (TPSA) is 20.2 Å². The molecule has 1 aromatic carbocycles. The van der Waals surface area contributed by atoms with Crippen LogP contribution in [0.1, 0.15) is 127 Å². The summed E-state index contributed by atoms with van der Waals surface area (Å²) in [6, 6.07) is 4.17. The number of unbranched alkanes of at least 4 members (excludes halogenated alkanes) is 11. The molecular formula is C26H46O. The molecule has 0 bridgehead atoms. The molecule has 0 amide bonds. The van der Waals surface area contributed by atoms with Crippen molar-refractivity contribution in [3.05, 3.63) is 28.8 Å². The Morgan fingerprint density at radius 3 is 1.56 bits per heavy atom. The van der Waals surface area contributed by atoms with Crippen LogP contribution < -0.4 is 0 Å². The molecule has 0 spiro atoms. The van der Waals surface area contributed by atoms with Crippen molar-refractivity contribution >= 4 is 0 Å². The first-order chi connectivity index (χ1) is 13.2. The van der Waals surface area contributed by atoms with Crippen LogP contribution in [0, 0.1) is 0 Å². The maximum absolute atomic E-state index is 10.6. The van der Waals surface area contributed by atoms with E-state index in [1.807, 2.05) is 6.07 Å². The van der Waals surface area contributed by atoms with Gasteiger partial charge in [-0.2, -0.15) is 0 Å². The highest BCUT2D eigenvalue weighted by molar-refractivity contribution is 5.45. The van der Waals surface area contributed by atoms with Crippen molar-refractivity contribution in [2.45, 2.75) is 130 Å². The van der Waals surface area contributed by atoms with E-state index in [2.05, 4.69) is 26.8 Å². The fraction of sp³-hybridized carbons (Fsp3) is 0.769. The van der Waals surface area contributed by atoms with Gasteiger partial charge in [0.15, 0.2) is 0 Å². The minimum Gasteiger partial charge on any atom is -0.508 e. The lowest BCUT2D eigenvalue weighted by atomic mass is 9.89. The van der Waals surface area contributed by atoms with E-state index in [9.17, 15) is 5.11 Å². The van der Waals surface area contributed by atoms with E-state index < -0.39 is 0 Å². The van der Waals surface area contributed by atoms with Crippen LogP contribution in [0.3, 0.4) is 0 Å². The van der Waals surface area contributed by atoms with Gasteiger partial charge in [0.25, 0.3) is 0 Å². The van der Waals surface area contributed by atoms with Gasteiger partial charge in [-0.25, -0.2) is 0 Å². The molecule has 1 nitrogen and oxygen atoms in total. The highest BCUT2D eigenvalue weighted by Gasteiger charge is 2.13. The zero-order chi connectivity index (χ0) is 19.7. The smallest absolute Gasteiger partial charge is 0.119 e. The lowest BCUT2D eigenvalue weighted by Gasteiger charge is -2.17. The van der Waals surface area contributed by atoms with Gasteiger partial charge in [-0.1, -0.05) is 97.5 Å². The van der Waals surface area contributed by atoms with Crippen molar-refractivity contribution < 1.29 is 5.11 Å². The Balaban J connectivity index is 2.71. The Labute approximate surface area is 170 Å². The fourth-order valence-corrected chi connectivity index (χ4v) is 4.11. The molecule has 0 aliphatic rings. The van der Waals surface area contributed by atoms with Crippen LogP contribution in [0.25, 0.3) is 0 Å². The molecule has 1 rings (SSSR count). The number of benzene rings is 1. The van der Waals surface area contributed by atoms with Crippen molar-refractivity contribution in [2.24, 2.45) is 0 Å². The van der Waals surface area contributed by atoms with E-state index in [-0.39, 0.29) is 0 Å². The van der Waals surface area contributed by atoms with Crippen molar-refractivity contribution in [3.8, 4) is 5.75 Å². The summed E-state index contributed by atoms with van der Waals surface area (Å²) in [5, 5.41) is 10.6. The first kappa shape index (κ1) is 24.1. The minimum absolute atomic E-state index is 0.548. The van der Waals surface area contributed by atoms with Gasteiger partial charge in [0.2, 0.25) is 0 Å². The minimum atomic E-state index is 0.548. The Hall–Kier alpha value is -0.980. The number of rotatable bonds is 17. The van der Waals surface area contributed by atoms with Gasteiger partial charge in [0.1, 0.15) is 5.75 Å². The molecule has 1 heteroatoms. The first-order valence-electron chi connectivity index (χ1n) is 12.1. The monoisotopic (exact) mass is 374 g/mol. The highest BCUT2D eigenvalue weighted by Crippen LogP contribution is 2.29. The summed E-state index contributed by atoms with van der Waals surface area (Å²) in [6.07, 6.45) is 21.8. The van der Waals surface area contributed by atoms with Gasteiger partial charge in [0.05, 0.1) is 0 Å². The van der Waals surface area contributed by atoms with Crippen LogP contribution in [0.4, 0.5) is 0 Å². The normalized spacial score (nSPS) is 11.2. The summed E-state index contributed by atoms with van der Waals surface area (Å²) in [5.41, 5.74) is 4.28. The largest absolute Gasteiger partial charge is 0.508 e. The molecular weight excluding hydrogens is 328 g/mol. The Morgan fingerprint density at radius 1 is 0.519 bits per heavy atom. The van der Waals surface area contributed by atoms with E-state index in [1.165, 1.54) is 113 Å². The second-order valence-electron chi connectivity index (χ2n) is 8.34. The summed E-state index contributed by atoms with van der Waals surface area (Å²) < 4.78 is 0. The molecule has 0 heterocycles. The van der Waals surface area contributed by atoms with E-state index in [0.717, 1.165) is 12.8 Å². The molecule has 0 fully saturated rings. The molecule has 0 aliphatic heterocycles. The number of phenols is 1. The van der Waals surface area contributed by atoms with E-state index in [0.29, 0.717) is 5.75 Å². The summed E-state index contributed by atoms with van der Waals surface area (Å²) >= 11 is 0. The third-order valence-corrected chi connectivity index (χ3v) is 5.86. The van der Waals surface area contributed by atoms with Gasteiger partial charge >= 0.3 is 0 Å². The zero-order valence-electron chi connectivity index (χ0n) is 18.6. The van der Waals surface area contributed by atoms with Crippen molar-refractivity contribution in [1.29, 1.82) is 0 Å². The van der Waals surface area contributed by atoms with E-state index >= 15 is 0 Å². The molecule has 0 saturated carbocycles. The van der Waals surface area contributed by atoms with Crippen LogP contribution in [0.2, 0.25) is 0 Å². The van der Waals surface area contributed by atoms with Crippen LogP contribution in [-0.2, 0) is 19.3 Å². The average Bonchev–Trinajstić information content (AvgIpc) is 2.67. The SMILES string of the molecule is CCCCCCCCc1c(O)ccc(CCCCC)c1CCCCCCC. The lowest BCUT2D eigenvalue weighted by Crippen LogP contribution is -2.03. The summed E-state index contributed by atoms with van der Waals surface area (Å²) in [6.45, 7) is 6.82. The Bertz CT molecular complexity index is 477. The van der Waals surface area contributed by atoms with Crippen molar-refractivity contribution in [2.75, 3.05) is 0 Å². The number of hydrogen-bond donors (Lipinski definition) is 1. The van der Waals surface area contributed by atoms with Gasteiger partial charge in [-0.3, -0.25) is 0 Å². The first-order valence-corrected chi connectivity index (χ1v) is 12.1. The Morgan fingerprint density at radius 2 is 0.963 bits per heavy atom. The third kappa shape index (κ3) is 10.2. The van der Waals surface area contributed by atoms with Gasteiger partial charge in [-0.05, 0) is 61.3 Å². The second-order valence-corrected chi connectivity index (χ2v) is 8.34.